The lowest BCUT2D eigenvalue weighted by molar-refractivity contribution is -0.0318. The van der Waals surface area contributed by atoms with Gasteiger partial charge >= 0.3 is 0 Å². The molecular weight excluding hydrogens is 218 g/mol. The van der Waals surface area contributed by atoms with Crippen molar-refractivity contribution in [1.29, 1.82) is 0 Å². The standard InChI is InChI=1S/C12H17N3O2/c1-12(6-17-7-12)15-9-5-3-4-8(10(9)13)11(16)14-2/h3-5,15H,6-7,13H2,1-2H3,(H,14,16). The Hall–Kier alpha value is -1.75. The van der Waals surface area contributed by atoms with Crippen LogP contribution < -0.4 is 16.4 Å². The summed E-state index contributed by atoms with van der Waals surface area (Å²) in [5.74, 6) is -0.179. The number of amides is 1. The zero-order chi connectivity index (χ0) is 12.5. The van der Waals surface area contributed by atoms with E-state index in [4.69, 9.17) is 10.5 Å². The third-order valence-corrected chi connectivity index (χ3v) is 2.86. The Labute approximate surface area is 100 Å². The van der Waals surface area contributed by atoms with Crippen molar-refractivity contribution in [1.82, 2.24) is 5.32 Å². The molecule has 1 aromatic rings. The van der Waals surface area contributed by atoms with Gasteiger partial charge in [-0.25, -0.2) is 0 Å². The lowest BCUT2D eigenvalue weighted by Crippen LogP contribution is -2.53. The molecule has 2 rings (SSSR count). The van der Waals surface area contributed by atoms with Crippen molar-refractivity contribution >= 4 is 17.3 Å². The van der Waals surface area contributed by atoms with Gasteiger partial charge in [0, 0.05) is 7.05 Å². The normalized spacial score (nSPS) is 17.1. The molecule has 1 aromatic carbocycles. The second-order valence-corrected chi connectivity index (χ2v) is 4.52. The van der Waals surface area contributed by atoms with Crippen molar-refractivity contribution in [2.24, 2.45) is 0 Å². The third-order valence-electron chi connectivity index (χ3n) is 2.86. The first-order valence-corrected chi connectivity index (χ1v) is 5.52. The van der Waals surface area contributed by atoms with Crippen LogP contribution in [0, 0.1) is 0 Å². The van der Waals surface area contributed by atoms with Crippen molar-refractivity contribution in [3.63, 3.8) is 0 Å². The predicted molar refractivity (Wildman–Crippen MR) is 67.1 cm³/mol. The van der Waals surface area contributed by atoms with Crippen molar-refractivity contribution < 1.29 is 9.53 Å². The van der Waals surface area contributed by atoms with Gasteiger partial charge in [-0.15, -0.1) is 0 Å². The first kappa shape index (κ1) is 11.7. The molecule has 0 aliphatic carbocycles. The van der Waals surface area contributed by atoms with E-state index in [0.717, 1.165) is 5.69 Å². The lowest BCUT2D eigenvalue weighted by atomic mass is 9.99. The molecule has 1 aliphatic rings. The molecule has 0 saturated carbocycles. The number of rotatable bonds is 3. The number of nitrogens with two attached hydrogens (primary N) is 1. The Morgan fingerprint density at radius 2 is 2.18 bits per heavy atom. The molecule has 1 saturated heterocycles. The highest BCUT2D eigenvalue weighted by molar-refractivity contribution is 6.01. The average Bonchev–Trinajstić information content (AvgIpc) is 2.29. The van der Waals surface area contributed by atoms with Crippen LogP contribution in [-0.2, 0) is 4.74 Å². The van der Waals surface area contributed by atoms with Crippen LogP contribution in [0.4, 0.5) is 11.4 Å². The van der Waals surface area contributed by atoms with Gasteiger partial charge in [0.2, 0.25) is 0 Å². The molecule has 1 fully saturated rings. The van der Waals surface area contributed by atoms with Gasteiger partial charge in [0.1, 0.15) is 0 Å². The molecule has 0 bridgehead atoms. The second kappa shape index (κ2) is 4.25. The summed E-state index contributed by atoms with van der Waals surface area (Å²) in [7, 11) is 1.59. The molecular formula is C12H17N3O2. The molecule has 1 aliphatic heterocycles. The number of nitrogen functional groups attached to an aromatic ring is 1. The van der Waals surface area contributed by atoms with Gasteiger partial charge < -0.3 is 21.1 Å². The molecule has 17 heavy (non-hydrogen) atoms. The SMILES string of the molecule is CNC(=O)c1cccc(NC2(C)COC2)c1N. The maximum absolute atomic E-state index is 11.6. The average molecular weight is 235 g/mol. The molecule has 0 radical (unpaired) electrons. The Morgan fingerprint density at radius 3 is 2.71 bits per heavy atom. The first-order chi connectivity index (χ1) is 8.06. The largest absolute Gasteiger partial charge is 0.396 e. The molecule has 5 nitrogen and oxygen atoms in total. The number of anilines is 2. The smallest absolute Gasteiger partial charge is 0.253 e. The summed E-state index contributed by atoms with van der Waals surface area (Å²) in [5.41, 5.74) is 7.63. The van der Waals surface area contributed by atoms with Gasteiger partial charge in [-0.2, -0.15) is 0 Å². The lowest BCUT2D eigenvalue weighted by Gasteiger charge is -2.40. The molecule has 1 heterocycles. The molecule has 0 spiro atoms. The van der Waals surface area contributed by atoms with Crippen LogP contribution in [-0.4, -0.2) is 31.7 Å². The quantitative estimate of drug-likeness (QED) is 0.678. The van der Waals surface area contributed by atoms with Gasteiger partial charge in [0.05, 0.1) is 35.7 Å². The Bertz CT molecular complexity index is 441. The maximum Gasteiger partial charge on any atom is 0.253 e. The summed E-state index contributed by atoms with van der Waals surface area (Å²) in [6.45, 7) is 3.36. The fraction of sp³-hybridized carbons (Fsp3) is 0.417. The van der Waals surface area contributed by atoms with Gasteiger partial charge in [-0.3, -0.25) is 4.79 Å². The van der Waals surface area contributed by atoms with Crippen LogP contribution in [0.15, 0.2) is 18.2 Å². The van der Waals surface area contributed by atoms with Crippen LogP contribution in [0.2, 0.25) is 0 Å². The summed E-state index contributed by atoms with van der Waals surface area (Å²) in [6.07, 6.45) is 0. The van der Waals surface area contributed by atoms with Crippen molar-refractivity contribution in [2.75, 3.05) is 31.3 Å². The predicted octanol–water partition coefficient (Wildman–Crippen LogP) is 0.829. The van der Waals surface area contributed by atoms with E-state index in [1.807, 2.05) is 12.1 Å². The van der Waals surface area contributed by atoms with E-state index in [0.29, 0.717) is 24.5 Å². The molecule has 92 valence electrons. The fourth-order valence-electron chi connectivity index (χ4n) is 1.81. The topological polar surface area (TPSA) is 76.4 Å². The minimum absolute atomic E-state index is 0.0879. The fourth-order valence-corrected chi connectivity index (χ4v) is 1.81. The first-order valence-electron chi connectivity index (χ1n) is 5.52. The highest BCUT2D eigenvalue weighted by atomic mass is 16.5. The van der Waals surface area contributed by atoms with Gasteiger partial charge in [-0.05, 0) is 19.1 Å². The van der Waals surface area contributed by atoms with Crippen molar-refractivity contribution in [2.45, 2.75) is 12.5 Å². The number of carbonyl (C=O) groups is 1. The van der Waals surface area contributed by atoms with E-state index >= 15 is 0 Å². The van der Waals surface area contributed by atoms with E-state index in [1.54, 1.807) is 13.1 Å². The van der Waals surface area contributed by atoms with Gasteiger partial charge in [0.25, 0.3) is 5.91 Å². The molecule has 0 aromatic heterocycles. The van der Waals surface area contributed by atoms with Crippen LogP contribution in [0.1, 0.15) is 17.3 Å². The summed E-state index contributed by atoms with van der Waals surface area (Å²) in [4.78, 5) is 11.6. The Kier molecular flexibility index (Phi) is 2.93. The Balaban J connectivity index is 2.26. The van der Waals surface area contributed by atoms with Crippen molar-refractivity contribution in [3.8, 4) is 0 Å². The molecule has 4 N–H and O–H groups in total. The zero-order valence-corrected chi connectivity index (χ0v) is 10.0. The van der Waals surface area contributed by atoms with E-state index < -0.39 is 0 Å². The van der Waals surface area contributed by atoms with E-state index in [9.17, 15) is 4.79 Å². The number of para-hydroxylation sites is 1. The van der Waals surface area contributed by atoms with Crippen LogP contribution in [0.25, 0.3) is 0 Å². The number of hydrogen-bond donors (Lipinski definition) is 3. The molecule has 0 atom stereocenters. The summed E-state index contributed by atoms with van der Waals surface area (Å²) in [6, 6.07) is 5.39. The zero-order valence-electron chi connectivity index (χ0n) is 10.0. The number of hydrogen-bond acceptors (Lipinski definition) is 4. The molecule has 5 heteroatoms. The molecule has 1 amide bonds. The minimum Gasteiger partial charge on any atom is -0.396 e. The van der Waals surface area contributed by atoms with Crippen LogP contribution in [0.3, 0.4) is 0 Å². The maximum atomic E-state index is 11.6. The van der Waals surface area contributed by atoms with E-state index in [-0.39, 0.29) is 11.4 Å². The monoisotopic (exact) mass is 235 g/mol. The van der Waals surface area contributed by atoms with E-state index in [2.05, 4.69) is 17.6 Å². The summed E-state index contributed by atoms with van der Waals surface area (Å²) < 4.78 is 5.17. The summed E-state index contributed by atoms with van der Waals surface area (Å²) >= 11 is 0. The van der Waals surface area contributed by atoms with Gasteiger partial charge in [0.15, 0.2) is 0 Å². The van der Waals surface area contributed by atoms with Crippen LogP contribution in [0.5, 0.6) is 0 Å². The third kappa shape index (κ3) is 2.19. The summed E-state index contributed by atoms with van der Waals surface area (Å²) in [5, 5.41) is 5.88. The minimum atomic E-state index is -0.179. The number of ether oxygens (including phenoxy) is 1. The second-order valence-electron chi connectivity index (χ2n) is 4.52. The van der Waals surface area contributed by atoms with Crippen LogP contribution >= 0.6 is 0 Å². The van der Waals surface area contributed by atoms with Crippen molar-refractivity contribution in [3.05, 3.63) is 23.8 Å². The number of nitrogens with one attached hydrogen (secondary N) is 2. The van der Waals surface area contributed by atoms with E-state index in [1.165, 1.54) is 0 Å². The Morgan fingerprint density at radius 1 is 1.47 bits per heavy atom. The highest BCUT2D eigenvalue weighted by Gasteiger charge is 2.33. The highest BCUT2D eigenvalue weighted by Crippen LogP contribution is 2.28. The number of carbonyl (C=O) groups excluding carboxylic acids is 1. The molecule has 0 unspecified atom stereocenters. The van der Waals surface area contributed by atoms with Gasteiger partial charge in [-0.1, -0.05) is 6.07 Å². The number of benzene rings is 1.